The molecule has 0 aliphatic heterocycles. The van der Waals surface area contributed by atoms with E-state index in [4.69, 9.17) is 0 Å². The number of aromatic nitrogens is 2. The van der Waals surface area contributed by atoms with E-state index < -0.39 is 0 Å². The van der Waals surface area contributed by atoms with Crippen molar-refractivity contribution < 1.29 is 9.18 Å². The Bertz CT molecular complexity index is 1110. The van der Waals surface area contributed by atoms with Crippen molar-refractivity contribution in [3.63, 3.8) is 0 Å². The van der Waals surface area contributed by atoms with Crippen LogP contribution < -0.4 is 5.32 Å². The van der Waals surface area contributed by atoms with Crippen LogP contribution in [0.25, 0.3) is 22.4 Å². The minimum atomic E-state index is -0.271. The van der Waals surface area contributed by atoms with E-state index in [1.165, 1.54) is 12.1 Å². The number of carbonyl (C=O) groups is 1. The first-order chi connectivity index (χ1) is 14.2. The SMILES string of the molecule is O=C(NCc1ccnc(-c2cccnc2)c1)c1ccc(-c2ccc(F)cc2)cc1. The summed E-state index contributed by atoms with van der Waals surface area (Å²) in [5, 5.41) is 2.93. The zero-order chi connectivity index (χ0) is 20.1. The predicted octanol–water partition coefficient (Wildman–Crippen LogP) is 4.88. The summed E-state index contributed by atoms with van der Waals surface area (Å²) in [4.78, 5) is 21.0. The summed E-state index contributed by atoms with van der Waals surface area (Å²) >= 11 is 0. The fourth-order valence-corrected chi connectivity index (χ4v) is 3.00. The molecule has 29 heavy (non-hydrogen) atoms. The standard InChI is InChI=1S/C24H18FN3O/c25-22-9-7-19(8-10-22)18-3-5-20(6-4-18)24(29)28-15-17-11-13-27-23(14-17)21-2-1-12-26-16-21/h1-14,16H,15H2,(H,28,29). The van der Waals surface area contributed by atoms with Crippen LogP contribution in [0.3, 0.4) is 0 Å². The van der Waals surface area contributed by atoms with Crippen molar-refractivity contribution in [2.45, 2.75) is 6.54 Å². The van der Waals surface area contributed by atoms with Crippen LogP contribution in [0.2, 0.25) is 0 Å². The average Bonchev–Trinajstić information content (AvgIpc) is 2.79. The minimum Gasteiger partial charge on any atom is -0.348 e. The third-order valence-corrected chi connectivity index (χ3v) is 4.56. The quantitative estimate of drug-likeness (QED) is 0.534. The van der Waals surface area contributed by atoms with Crippen LogP contribution in [0, 0.1) is 5.82 Å². The molecule has 4 nitrogen and oxygen atoms in total. The topological polar surface area (TPSA) is 54.9 Å². The molecule has 0 saturated heterocycles. The lowest BCUT2D eigenvalue weighted by Crippen LogP contribution is -2.22. The lowest BCUT2D eigenvalue weighted by atomic mass is 10.0. The molecule has 0 fully saturated rings. The minimum absolute atomic E-state index is 0.157. The molecular formula is C24H18FN3O. The smallest absolute Gasteiger partial charge is 0.251 e. The van der Waals surface area contributed by atoms with Crippen molar-refractivity contribution in [1.82, 2.24) is 15.3 Å². The molecule has 0 unspecified atom stereocenters. The lowest BCUT2D eigenvalue weighted by molar-refractivity contribution is 0.0951. The lowest BCUT2D eigenvalue weighted by Gasteiger charge is -2.08. The summed E-state index contributed by atoms with van der Waals surface area (Å²) < 4.78 is 13.1. The molecule has 0 radical (unpaired) electrons. The van der Waals surface area contributed by atoms with Crippen LogP contribution in [0.4, 0.5) is 4.39 Å². The number of rotatable bonds is 5. The van der Waals surface area contributed by atoms with Gasteiger partial charge in [-0.2, -0.15) is 0 Å². The second-order valence-electron chi connectivity index (χ2n) is 6.56. The number of benzene rings is 2. The number of amides is 1. The summed E-state index contributed by atoms with van der Waals surface area (Å²) in [6.07, 6.45) is 5.20. The van der Waals surface area contributed by atoms with Crippen LogP contribution in [0.1, 0.15) is 15.9 Å². The maximum Gasteiger partial charge on any atom is 0.251 e. The van der Waals surface area contributed by atoms with Crippen LogP contribution in [-0.2, 0) is 6.54 Å². The number of nitrogens with zero attached hydrogens (tertiary/aromatic N) is 2. The molecule has 0 aliphatic carbocycles. The van der Waals surface area contributed by atoms with Crippen LogP contribution in [0.15, 0.2) is 91.4 Å². The zero-order valence-electron chi connectivity index (χ0n) is 15.5. The average molecular weight is 383 g/mol. The highest BCUT2D eigenvalue weighted by molar-refractivity contribution is 5.94. The van der Waals surface area contributed by atoms with Gasteiger partial charge < -0.3 is 5.32 Å². The fraction of sp³-hybridized carbons (Fsp3) is 0.0417. The third kappa shape index (κ3) is 4.52. The maximum absolute atomic E-state index is 13.1. The molecule has 2 aromatic carbocycles. The number of nitrogens with one attached hydrogen (secondary N) is 1. The van der Waals surface area contributed by atoms with Crippen LogP contribution >= 0.6 is 0 Å². The Labute approximate surface area is 168 Å². The number of hydrogen-bond donors (Lipinski definition) is 1. The van der Waals surface area contributed by atoms with Crippen molar-refractivity contribution in [2.24, 2.45) is 0 Å². The number of carbonyl (C=O) groups excluding carboxylic acids is 1. The van der Waals surface area contributed by atoms with Crippen molar-refractivity contribution in [3.8, 4) is 22.4 Å². The molecule has 2 heterocycles. The first-order valence-corrected chi connectivity index (χ1v) is 9.18. The summed E-state index contributed by atoms with van der Waals surface area (Å²) in [6.45, 7) is 0.397. The van der Waals surface area contributed by atoms with Gasteiger partial charge in [0, 0.05) is 36.3 Å². The van der Waals surface area contributed by atoms with Gasteiger partial charge >= 0.3 is 0 Å². The second kappa shape index (κ2) is 8.44. The Balaban J connectivity index is 1.42. The van der Waals surface area contributed by atoms with Gasteiger partial charge in [-0.1, -0.05) is 24.3 Å². The van der Waals surface area contributed by atoms with Gasteiger partial charge in [0.25, 0.3) is 5.91 Å². The molecule has 0 aliphatic rings. The van der Waals surface area contributed by atoms with Gasteiger partial charge in [0.2, 0.25) is 0 Å². The monoisotopic (exact) mass is 383 g/mol. The van der Waals surface area contributed by atoms with Gasteiger partial charge in [-0.05, 0) is 65.2 Å². The van der Waals surface area contributed by atoms with Gasteiger partial charge in [-0.3, -0.25) is 14.8 Å². The molecule has 142 valence electrons. The molecule has 1 amide bonds. The van der Waals surface area contributed by atoms with Crippen molar-refractivity contribution in [1.29, 1.82) is 0 Å². The normalized spacial score (nSPS) is 10.5. The van der Waals surface area contributed by atoms with E-state index in [-0.39, 0.29) is 11.7 Å². The van der Waals surface area contributed by atoms with Crippen molar-refractivity contribution in [3.05, 3.63) is 108 Å². The molecule has 5 heteroatoms. The molecule has 0 atom stereocenters. The number of halogens is 1. The largest absolute Gasteiger partial charge is 0.348 e. The van der Waals surface area contributed by atoms with Gasteiger partial charge in [0.15, 0.2) is 0 Å². The Morgan fingerprint density at radius 2 is 1.59 bits per heavy atom. The highest BCUT2D eigenvalue weighted by atomic mass is 19.1. The summed E-state index contributed by atoms with van der Waals surface area (Å²) in [5.74, 6) is -0.428. The fourth-order valence-electron chi connectivity index (χ4n) is 3.00. The predicted molar refractivity (Wildman–Crippen MR) is 110 cm³/mol. The second-order valence-corrected chi connectivity index (χ2v) is 6.56. The van der Waals surface area contributed by atoms with E-state index in [1.807, 2.05) is 36.4 Å². The molecule has 4 rings (SSSR count). The first-order valence-electron chi connectivity index (χ1n) is 9.18. The Morgan fingerprint density at radius 3 is 2.28 bits per heavy atom. The van der Waals surface area contributed by atoms with Gasteiger partial charge in [-0.15, -0.1) is 0 Å². The van der Waals surface area contributed by atoms with Gasteiger partial charge in [-0.25, -0.2) is 4.39 Å². The Morgan fingerprint density at radius 1 is 0.862 bits per heavy atom. The van der Waals surface area contributed by atoms with Crippen LogP contribution in [-0.4, -0.2) is 15.9 Å². The summed E-state index contributed by atoms with van der Waals surface area (Å²) in [6, 6.07) is 21.1. The highest BCUT2D eigenvalue weighted by Gasteiger charge is 2.07. The molecule has 2 aromatic heterocycles. The van der Waals surface area contributed by atoms with Gasteiger partial charge in [0.1, 0.15) is 5.82 Å². The van der Waals surface area contributed by atoms with Crippen molar-refractivity contribution >= 4 is 5.91 Å². The van der Waals surface area contributed by atoms with E-state index in [2.05, 4.69) is 15.3 Å². The van der Waals surface area contributed by atoms with Gasteiger partial charge in [0.05, 0.1) is 5.69 Å². The maximum atomic E-state index is 13.1. The van der Waals surface area contributed by atoms with Crippen molar-refractivity contribution in [2.75, 3.05) is 0 Å². The van der Waals surface area contributed by atoms with E-state index in [1.54, 1.807) is 42.9 Å². The number of hydrogen-bond acceptors (Lipinski definition) is 3. The first kappa shape index (κ1) is 18.5. The molecular weight excluding hydrogens is 365 g/mol. The number of pyridine rings is 2. The molecule has 0 spiro atoms. The molecule has 4 aromatic rings. The highest BCUT2D eigenvalue weighted by Crippen LogP contribution is 2.20. The van der Waals surface area contributed by atoms with E-state index in [9.17, 15) is 9.18 Å². The zero-order valence-corrected chi connectivity index (χ0v) is 15.5. The summed E-state index contributed by atoms with van der Waals surface area (Å²) in [5.41, 5.74) is 5.09. The molecule has 0 saturated carbocycles. The molecule has 0 bridgehead atoms. The van der Waals surface area contributed by atoms with E-state index in [0.717, 1.165) is 27.9 Å². The summed E-state index contributed by atoms with van der Waals surface area (Å²) in [7, 11) is 0. The Hall–Kier alpha value is -3.86. The van der Waals surface area contributed by atoms with Crippen LogP contribution in [0.5, 0.6) is 0 Å². The van der Waals surface area contributed by atoms with E-state index in [0.29, 0.717) is 12.1 Å². The Kier molecular flexibility index (Phi) is 5.38. The third-order valence-electron chi connectivity index (χ3n) is 4.56. The van der Waals surface area contributed by atoms with E-state index >= 15 is 0 Å². The molecule has 1 N–H and O–H groups in total.